The molecule has 7 nitrogen and oxygen atoms in total. The van der Waals surface area contributed by atoms with E-state index in [-0.39, 0.29) is 23.7 Å². The van der Waals surface area contributed by atoms with Gasteiger partial charge in [-0.05, 0) is 25.7 Å². The van der Waals surface area contributed by atoms with Crippen LogP contribution in [0.4, 0.5) is 0 Å². The van der Waals surface area contributed by atoms with Crippen LogP contribution in [0.3, 0.4) is 0 Å². The van der Waals surface area contributed by atoms with Crippen molar-refractivity contribution >= 4 is 11.8 Å². The van der Waals surface area contributed by atoms with E-state index in [0.717, 1.165) is 25.9 Å². The molecule has 2 aliphatic rings. The number of hydrogen-bond donors (Lipinski definition) is 0. The highest BCUT2D eigenvalue weighted by atomic mass is 16.5. The molecule has 24 heavy (non-hydrogen) atoms. The van der Waals surface area contributed by atoms with Gasteiger partial charge in [0, 0.05) is 32.6 Å². The van der Waals surface area contributed by atoms with E-state index in [0.29, 0.717) is 37.1 Å². The zero-order chi connectivity index (χ0) is 17.3. The van der Waals surface area contributed by atoms with Crippen LogP contribution in [0.15, 0.2) is 4.52 Å². The van der Waals surface area contributed by atoms with Crippen LogP contribution in [-0.4, -0.2) is 57.9 Å². The van der Waals surface area contributed by atoms with E-state index >= 15 is 0 Å². The minimum atomic E-state index is -0.209. The number of hydrogen-bond acceptors (Lipinski definition) is 5. The van der Waals surface area contributed by atoms with Crippen molar-refractivity contribution in [2.45, 2.75) is 46.0 Å². The van der Waals surface area contributed by atoms with Gasteiger partial charge in [-0.3, -0.25) is 9.59 Å². The van der Waals surface area contributed by atoms with Crippen LogP contribution < -0.4 is 0 Å². The largest absolute Gasteiger partial charge is 0.342 e. The molecule has 0 aromatic carbocycles. The van der Waals surface area contributed by atoms with Crippen LogP contribution in [0.2, 0.25) is 0 Å². The Morgan fingerprint density at radius 3 is 2.83 bits per heavy atom. The summed E-state index contributed by atoms with van der Waals surface area (Å²) in [6.07, 6.45) is 2.22. The zero-order valence-electron chi connectivity index (χ0n) is 14.7. The van der Waals surface area contributed by atoms with Crippen molar-refractivity contribution in [3.05, 3.63) is 11.7 Å². The second kappa shape index (κ2) is 6.91. The van der Waals surface area contributed by atoms with Crippen LogP contribution in [0, 0.1) is 18.8 Å². The molecule has 0 saturated carbocycles. The van der Waals surface area contributed by atoms with Crippen molar-refractivity contribution in [3.8, 4) is 0 Å². The summed E-state index contributed by atoms with van der Waals surface area (Å²) in [5.74, 6) is 1.75. The maximum atomic E-state index is 12.8. The zero-order valence-corrected chi connectivity index (χ0v) is 14.7. The van der Waals surface area contributed by atoms with E-state index in [1.54, 1.807) is 6.92 Å². The molecule has 1 aromatic rings. The lowest BCUT2D eigenvalue weighted by molar-refractivity contribution is -0.137. The Hall–Kier alpha value is -1.92. The standard InChI is InChI=1S/C17H26N4O3/c1-11(2)8-21-10-14(7-15(21)22)17(23)20-6-4-5-13(9-20)16-18-12(3)19-24-16/h11,13-14H,4-10H2,1-3H3. The van der Waals surface area contributed by atoms with Crippen LogP contribution in [0.5, 0.6) is 0 Å². The second-order valence-corrected chi connectivity index (χ2v) is 7.40. The molecule has 2 atom stereocenters. The molecular formula is C17H26N4O3. The SMILES string of the molecule is Cc1noc(C2CCCN(C(=O)C3CC(=O)N(CC(C)C)C3)C2)n1. The van der Waals surface area contributed by atoms with Crippen LogP contribution >= 0.6 is 0 Å². The van der Waals surface area contributed by atoms with E-state index in [2.05, 4.69) is 24.0 Å². The van der Waals surface area contributed by atoms with Gasteiger partial charge < -0.3 is 14.3 Å². The van der Waals surface area contributed by atoms with Gasteiger partial charge >= 0.3 is 0 Å². The van der Waals surface area contributed by atoms with Crippen LogP contribution in [-0.2, 0) is 9.59 Å². The van der Waals surface area contributed by atoms with Crippen LogP contribution in [0.25, 0.3) is 0 Å². The molecule has 3 rings (SSSR count). The first-order chi connectivity index (χ1) is 11.4. The number of carbonyl (C=O) groups is 2. The lowest BCUT2D eigenvalue weighted by Gasteiger charge is -2.32. The van der Waals surface area contributed by atoms with E-state index in [1.165, 1.54) is 0 Å². The Labute approximate surface area is 142 Å². The monoisotopic (exact) mass is 334 g/mol. The number of nitrogens with zero attached hydrogens (tertiary/aromatic N) is 4. The molecule has 132 valence electrons. The third-order valence-electron chi connectivity index (χ3n) is 4.77. The summed E-state index contributed by atoms with van der Waals surface area (Å²) in [4.78, 5) is 33.0. The molecule has 3 heterocycles. The minimum Gasteiger partial charge on any atom is -0.342 e. The molecule has 0 radical (unpaired) electrons. The number of likely N-dealkylation sites (tertiary alicyclic amines) is 2. The molecule has 2 fully saturated rings. The minimum absolute atomic E-state index is 0.0931. The predicted molar refractivity (Wildman–Crippen MR) is 87.1 cm³/mol. The van der Waals surface area contributed by atoms with E-state index < -0.39 is 0 Å². The van der Waals surface area contributed by atoms with Crippen molar-refractivity contribution in [1.82, 2.24) is 19.9 Å². The van der Waals surface area contributed by atoms with Crippen LogP contribution in [0.1, 0.15) is 50.7 Å². The van der Waals surface area contributed by atoms with Gasteiger partial charge in [0.2, 0.25) is 17.7 Å². The normalized spacial score (nSPS) is 24.9. The van der Waals surface area contributed by atoms with E-state index in [9.17, 15) is 9.59 Å². The van der Waals surface area contributed by atoms with Crippen molar-refractivity contribution in [3.63, 3.8) is 0 Å². The highest BCUT2D eigenvalue weighted by Crippen LogP contribution is 2.28. The first kappa shape index (κ1) is 16.9. The van der Waals surface area contributed by atoms with Gasteiger partial charge in [-0.2, -0.15) is 4.98 Å². The smallest absolute Gasteiger partial charge is 0.231 e. The summed E-state index contributed by atoms with van der Waals surface area (Å²) < 4.78 is 5.27. The van der Waals surface area contributed by atoms with Crippen molar-refractivity contribution < 1.29 is 14.1 Å². The van der Waals surface area contributed by atoms with Gasteiger partial charge in [-0.15, -0.1) is 0 Å². The van der Waals surface area contributed by atoms with Gasteiger partial charge in [0.15, 0.2) is 5.82 Å². The number of aryl methyl sites for hydroxylation is 1. The Morgan fingerprint density at radius 2 is 2.17 bits per heavy atom. The summed E-state index contributed by atoms with van der Waals surface area (Å²) in [7, 11) is 0. The number of rotatable bonds is 4. The van der Waals surface area contributed by atoms with Gasteiger partial charge in [-0.1, -0.05) is 19.0 Å². The number of piperidine rings is 1. The third-order valence-corrected chi connectivity index (χ3v) is 4.77. The van der Waals surface area contributed by atoms with Crippen molar-refractivity contribution in [2.24, 2.45) is 11.8 Å². The van der Waals surface area contributed by atoms with Gasteiger partial charge in [0.05, 0.1) is 11.8 Å². The average Bonchev–Trinajstić information content (AvgIpc) is 3.13. The molecule has 0 bridgehead atoms. The van der Waals surface area contributed by atoms with Gasteiger partial charge in [0.1, 0.15) is 0 Å². The predicted octanol–water partition coefficient (Wildman–Crippen LogP) is 1.59. The fourth-order valence-electron chi connectivity index (χ4n) is 3.67. The quantitative estimate of drug-likeness (QED) is 0.835. The fourth-order valence-corrected chi connectivity index (χ4v) is 3.67. The van der Waals surface area contributed by atoms with Gasteiger partial charge in [-0.25, -0.2) is 0 Å². The first-order valence-corrected chi connectivity index (χ1v) is 8.80. The molecule has 2 aliphatic heterocycles. The second-order valence-electron chi connectivity index (χ2n) is 7.40. The molecule has 0 N–H and O–H groups in total. The fraction of sp³-hybridized carbons (Fsp3) is 0.765. The lowest BCUT2D eigenvalue weighted by atomic mass is 9.96. The highest BCUT2D eigenvalue weighted by Gasteiger charge is 2.38. The topological polar surface area (TPSA) is 79.5 Å². The number of aromatic nitrogens is 2. The summed E-state index contributed by atoms with van der Waals surface area (Å²) in [6.45, 7) is 8.61. The maximum absolute atomic E-state index is 12.8. The molecule has 0 aliphatic carbocycles. The first-order valence-electron chi connectivity index (χ1n) is 8.80. The molecule has 7 heteroatoms. The lowest BCUT2D eigenvalue weighted by Crippen LogP contribution is -2.43. The maximum Gasteiger partial charge on any atom is 0.231 e. The third kappa shape index (κ3) is 3.60. The Kier molecular flexibility index (Phi) is 4.87. The molecule has 2 amide bonds. The number of carbonyl (C=O) groups excluding carboxylic acids is 2. The molecule has 1 aromatic heterocycles. The van der Waals surface area contributed by atoms with E-state index in [4.69, 9.17) is 4.52 Å². The van der Waals surface area contributed by atoms with Crippen molar-refractivity contribution in [1.29, 1.82) is 0 Å². The molecule has 2 unspecified atom stereocenters. The molecular weight excluding hydrogens is 308 g/mol. The van der Waals surface area contributed by atoms with Gasteiger partial charge in [0.25, 0.3) is 0 Å². The van der Waals surface area contributed by atoms with E-state index in [1.807, 2.05) is 9.80 Å². The Morgan fingerprint density at radius 1 is 1.38 bits per heavy atom. The Balaban J connectivity index is 1.61. The molecule has 0 spiro atoms. The Bertz CT molecular complexity index is 613. The average molecular weight is 334 g/mol. The summed E-state index contributed by atoms with van der Waals surface area (Å²) >= 11 is 0. The number of amides is 2. The summed E-state index contributed by atoms with van der Waals surface area (Å²) in [5, 5.41) is 3.85. The van der Waals surface area contributed by atoms with Crippen molar-refractivity contribution in [2.75, 3.05) is 26.2 Å². The summed E-state index contributed by atoms with van der Waals surface area (Å²) in [6, 6.07) is 0. The summed E-state index contributed by atoms with van der Waals surface area (Å²) in [5.41, 5.74) is 0. The molecule has 2 saturated heterocycles. The highest BCUT2D eigenvalue weighted by molar-refractivity contribution is 5.89.